The molecule has 0 saturated carbocycles. The van der Waals surface area contributed by atoms with Gasteiger partial charge in [0.25, 0.3) is 0 Å². The maximum atomic E-state index is 11.1. The first-order valence-corrected chi connectivity index (χ1v) is 6.26. The number of carboxylic acid groups (broad SMARTS) is 1. The Kier molecular flexibility index (Phi) is 3.76. The lowest BCUT2D eigenvalue weighted by atomic mass is 10.1. The van der Waals surface area contributed by atoms with Gasteiger partial charge in [-0.05, 0) is 13.8 Å². The molecular formula is C12H18N4O2. The normalized spacial score (nSPS) is 14.1. The number of nitrogens with one attached hydrogen (secondary N) is 1. The fraction of sp³-hybridized carbons (Fsp3) is 0.583. The zero-order chi connectivity index (χ0) is 13.1. The minimum Gasteiger partial charge on any atom is -0.475 e. The van der Waals surface area contributed by atoms with Crippen molar-refractivity contribution in [3.05, 3.63) is 17.1 Å². The van der Waals surface area contributed by atoms with E-state index >= 15 is 0 Å². The Balaban J connectivity index is 2.53. The Morgan fingerprint density at radius 3 is 2.72 bits per heavy atom. The number of carboxylic acids is 1. The first-order chi connectivity index (χ1) is 8.67. The van der Waals surface area contributed by atoms with E-state index in [1.165, 1.54) is 0 Å². The van der Waals surface area contributed by atoms with Gasteiger partial charge >= 0.3 is 5.97 Å². The van der Waals surface area contributed by atoms with Crippen LogP contribution in [0.5, 0.6) is 0 Å². The van der Waals surface area contributed by atoms with Gasteiger partial charge in [-0.2, -0.15) is 0 Å². The van der Waals surface area contributed by atoms with Crippen molar-refractivity contribution >= 4 is 11.8 Å². The molecular weight excluding hydrogens is 232 g/mol. The summed E-state index contributed by atoms with van der Waals surface area (Å²) in [6, 6.07) is 0. The monoisotopic (exact) mass is 250 g/mol. The third-order valence-electron chi connectivity index (χ3n) is 3.17. The molecule has 0 aromatic carbocycles. The average molecular weight is 250 g/mol. The number of nitrogens with zero attached hydrogens (tertiary/aromatic N) is 3. The van der Waals surface area contributed by atoms with Crippen molar-refractivity contribution < 1.29 is 9.90 Å². The smallest absolute Gasteiger partial charge is 0.374 e. The van der Waals surface area contributed by atoms with Gasteiger partial charge < -0.3 is 15.3 Å². The summed E-state index contributed by atoms with van der Waals surface area (Å²) in [5, 5.41) is 12.4. The standard InChI is InChI=1S/C12H18N4O2/c1-3-16(4-2)11-8-7-13-6-5-9(8)14-10(15-11)12(17)18/h13H,3-7H2,1-2H3,(H,17,18). The summed E-state index contributed by atoms with van der Waals surface area (Å²) in [7, 11) is 0. The molecule has 1 aromatic heterocycles. The second-order valence-electron chi connectivity index (χ2n) is 4.20. The van der Waals surface area contributed by atoms with E-state index in [1.807, 2.05) is 13.8 Å². The first-order valence-electron chi connectivity index (χ1n) is 6.26. The van der Waals surface area contributed by atoms with Crippen molar-refractivity contribution in [1.29, 1.82) is 0 Å². The zero-order valence-electron chi connectivity index (χ0n) is 10.7. The van der Waals surface area contributed by atoms with E-state index < -0.39 is 5.97 Å². The topological polar surface area (TPSA) is 78.4 Å². The fourth-order valence-corrected chi connectivity index (χ4v) is 2.21. The summed E-state index contributed by atoms with van der Waals surface area (Å²) in [5.41, 5.74) is 1.90. The number of hydrogen-bond donors (Lipinski definition) is 2. The molecule has 0 atom stereocenters. The summed E-state index contributed by atoms with van der Waals surface area (Å²) in [6.45, 7) is 7.23. The van der Waals surface area contributed by atoms with E-state index in [-0.39, 0.29) is 5.82 Å². The maximum absolute atomic E-state index is 11.1. The van der Waals surface area contributed by atoms with Crippen LogP contribution in [-0.2, 0) is 13.0 Å². The largest absolute Gasteiger partial charge is 0.475 e. The van der Waals surface area contributed by atoms with Crippen molar-refractivity contribution in [3.8, 4) is 0 Å². The number of carbonyl (C=O) groups is 1. The lowest BCUT2D eigenvalue weighted by Gasteiger charge is -2.26. The number of rotatable bonds is 4. The Morgan fingerprint density at radius 1 is 1.39 bits per heavy atom. The molecule has 6 heteroatoms. The number of aromatic nitrogens is 2. The van der Waals surface area contributed by atoms with Crippen LogP contribution in [0.2, 0.25) is 0 Å². The molecule has 2 N–H and O–H groups in total. The average Bonchev–Trinajstić information content (AvgIpc) is 2.39. The summed E-state index contributed by atoms with van der Waals surface area (Å²) in [4.78, 5) is 21.5. The second-order valence-corrected chi connectivity index (χ2v) is 4.20. The molecule has 1 aliphatic heterocycles. The molecule has 1 aromatic rings. The van der Waals surface area contributed by atoms with E-state index in [9.17, 15) is 4.79 Å². The summed E-state index contributed by atoms with van der Waals surface area (Å²) < 4.78 is 0. The molecule has 6 nitrogen and oxygen atoms in total. The predicted molar refractivity (Wildman–Crippen MR) is 68.0 cm³/mol. The van der Waals surface area contributed by atoms with Crippen LogP contribution in [0.15, 0.2) is 0 Å². The van der Waals surface area contributed by atoms with E-state index in [4.69, 9.17) is 5.11 Å². The number of aromatic carboxylic acids is 1. The van der Waals surface area contributed by atoms with Gasteiger partial charge in [-0.1, -0.05) is 0 Å². The van der Waals surface area contributed by atoms with E-state index in [2.05, 4.69) is 20.2 Å². The maximum Gasteiger partial charge on any atom is 0.374 e. The van der Waals surface area contributed by atoms with Crippen LogP contribution in [0.25, 0.3) is 0 Å². The number of fused-ring (bicyclic) bond motifs is 1. The second kappa shape index (κ2) is 5.30. The Hall–Kier alpha value is -1.69. The molecule has 2 heterocycles. The van der Waals surface area contributed by atoms with Crippen LogP contribution < -0.4 is 10.2 Å². The van der Waals surface area contributed by atoms with Gasteiger partial charge in [0.1, 0.15) is 5.82 Å². The molecule has 0 bridgehead atoms. The van der Waals surface area contributed by atoms with Crippen LogP contribution in [0.1, 0.15) is 35.7 Å². The third kappa shape index (κ3) is 2.28. The van der Waals surface area contributed by atoms with Crippen molar-refractivity contribution in [2.45, 2.75) is 26.8 Å². The van der Waals surface area contributed by atoms with E-state index in [0.29, 0.717) is 6.54 Å². The van der Waals surface area contributed by atoms with Crippen LogP contribution in [0.3, 0.4) is 0 Å². The van der Waals surface area contributed by atoms with Crippen molar-refractivity contribution in [2.24, 2.45) is 0 Å². The minimum atomic E-state index is -1.07. The van der Waals surface area contributed by atoms with Crippen LogP contribution in [0, 0.1) is 0 Å². The Bertz CT molecular complexity index is 458. The highest BCUT2D eigenvalue weighted by molar-refractivity contribution is 5.84. The third-order valence-corrected chi connectivity index (χ3v) is 3.17. The lowest BCUT2D eigenvalue weighted by Crippen LogP contribution is -2.32. The molecule has 0 saturated heterocycles. The quantitative estimate of drug-likeness (QED) is 0.817. The van der Waals surface area contributed by atoms with Gasteiger partial charge in [0, 0.05) is 38.2 Å². The molecule has 0 amide bonds. The highest BCUT2D eigenvalue weighted by atomic mass is 16.4. The Labute approximate surface area is 106 Å². The van der Waals surface area contributed by atoms with E-state index in [1.54, 1.807) is 0 Å². The summed E-state index contributed by atoms with van der Waals surface area (Å²) in [5.74, 6) is -0.406. The zero-order valence-corrected chi connectivity index (χ0v) is 10.7. The van der Waals surface area contributed by atoms with Gasteiger partial charge in [-0.3, -0.25) is 0 Å². The van der Waals surface area contributed by atoms with Crippen LogP contribution in [0.4, 0.5) is 5.82 Å². The van der Waals surface area contributed by atoms with Crippen molar-refractivity contribution in [1.82, 2.24) is 15.3 Å². The summed E-state index contributed by atoms with van der Waals surface area (Å²) >= 11 is 0. The van der Waals surface area contributed by atoms with E-state index in [0.717, 1.165) is 43.1 Å². The molecule has 1 aliphatic rings. The van der Waals surface area contributed by atoms with Gasteiger partial charge in [0.2, 0.25) is 5.82 Å². The van der Waals surface area contributed by atoms with Gasteiger partial charge in [0.05, 0.1) is 5.69 Å². The van der Waals surface area contributed by atoms with Crippen molar-refractivity contribution in [2.75, 3.05) is 24.5 Å². The molecule has 98 valence electrons. The SMILES string of the molecule is CCN(CC)c1nc(C(=O)O)nc2c1CNCC2. The lowest BCUT2D eigenvalue weighted by molar-refractivity contribution is 0.0683. The summed E-state index contributed by atoms with van der Waals surface area (Å²) in [6.07, 6.45) is 0.756. The van der Waals surface area contributed by atoms with Crippen molar-refractivity contribution in [3.63, 3.8) is 0 Å². The highest BCUT2D eigenvalue weighted by Gasteiger charge is 2.22. The Morgan fingerprint density at radius 2 is 2.11 bits per heavy atom. The first kappa shape index (κ1) is 12.8. The predicted octanol–water partition coefficient (Wildman–Crippen LogP) is 0.667. The van der Waals surface area contributed by atoms with Crippen LogP contribution >= 0.6 is 0 Å². The molecule has 0 fully saturated rings. The highest BCUT2D eigenvalue weighted by Crippen LogP contribution is 2.23. The van der Waals surface area contributed by atoms with Crippen LogP contribution in [-0.4, -0.2) is 40.7 Å². The number of hydrogen-bond acceptors (Lipinski definition) is 5. The molecule has 0 spiro atoms. The van der Waals surface area contributed by atoms with Gasteiger partial charge in [0.15, 0.2) is 0 Å². The van der Waals surface area contributed by atoms with Gasteiger partial charge in [-0.15, -0.1) is 0 Å². The minimum absolute atomic E-state index is 0.0995. The van der Waals surface area contributed by atoms with Gasteiger partial charge in [-0.25, -0.2) is 14.8 Å². The fourth-order valence-electron chi connectivity index (χ4n) is 2.21. The molecule has 18 heavy (non-hydrogen) atoms. The molecule has 0 unspecified atom stereocenters. The number of anilines is 1. The molecule has 2 rings (SSSR count). The molecule has 0 aliphatic carbocycles. The molecule has 0 radical (unpaired) electrons.